The van der Waals surface area contributed by atoms with Gasteiger partial charge in [0.1, 0.15) is 32.5 Å². The van der Waals surface area contributed by atoms with Crippen molar-refractivity contribution in [3.8, 4) is 23.0 Å². The number of aliphatic hydroxyl groups excluding tert-OH is 2. The molecule has 4 aliphatic rings. The second-order valence-corrected chi connectivity index (χ2v) is 17.5. The lowest BCUT2D eigenvalue weighted by Crippen LogP contribution is -2.46. The van der Waals surface area contributed by atoms with Gasteiger partial charge in [-0.05, 0) is 93.7 Å². The molecule has 0 aromatic heterocycles. The first-order chi connectivity index (χ1) is 29.3. The summed E-state index contributed by atoms with van der Waals surface area (Å²) in [6.45, 7) is 10.1. The van der Waals surface area contributed by atoms with Gasteiger partial charge in [0.05, 0.1) is 17.5 Å². The van der Waals surface area contributed by atoms with Crippen LogP contribution in [0.2, 0.25) is 0 Å². The van der Waals surface area contributed by atoms with E-state index in [1.165, 1.54) is 96.3 Å². The van der Waals surface area contributed by atoms with Gasteiger partial charge >= 0.3 is 0 Å². The van der Waals surface area contributed by atoms with E-state index < -0.39 is 12.2 Å². The summed E-state index contributed by atoms with van der Waals surface area (Å²) in [6, 6.07) is 10.5. The highest BCUT2D eigenvalue weighted by Gasteiger charge is 2.28. The van der Waals surface area contributed by atoms with Gasteiger partial charge in [-0.1, -0.05) is 104 Å². The average molecular weight is 896 g/mol. The van der Waals surface area contributed by atoms with Gasteiger partial charge in [-0.2, -0.15) is 0 Å². The van der Waals surface area contributed by atoms with Gasteiger partial charge in [-0.15, -0.1) is 23.2 Å². The summed E-state index contributed by atoms with van der Waals surface area (Å²) in [6.07, 6.45) is 20.7. The Hall–Kier alpha value is -2.51. The third-order valence-corrected chi connectivity index (χ3v) is 11.8. The molecule has 61 heavy (non-hydrogen) atoms. The number of benzene rings is 2. The predicted molar refractivity (Wildman–Crippen MR) is 250 cm³/mol. The topological polar surface area (TPSA) is 139 Å². The second kappa shape index (κ2) is 31.4. The van der Waals surface area contributed by atoms with Gasteiger partial charge in [-0.3, -0.25) is 4.79 Å². The number of rotatable bonds is 23. The van der Waals surface area contributed by atoms with E-state index in [-0.39, 0.29) is 30.8 Å². The number of hydrogen-bond acceptors (Lipinski definition) is 10. The Labute approximate surface area is 378 Å². The van der Waals surface area contributed by atoms with Gasteiger partial charge in [0.25, 0.3) is 0 Å². The summed E-state index contributed by atoms with van der Waals surface area (Å²) >= 11 is 9.53. The molecule has 348 valence electrons. The number of nitrogens with one attached hydrogen (secondary N) is 1. The maximum Gasteiger partial charge on any atom is 0.220 e. The molecule has 2 fully saturated rings. The molecule has 4 aliphatic heterocycles. The third-order valence-electron chi connectivity index (χ3n) is 11.8. The molecule has 6 rings (SSSR count). The van der Waals surface area contributed by atoms with Crippen LogP contribution in [0.4, 0.5) is 0 Å². The number of fused-ring (bicyclic) bond motifs is 2. The quantitative estimate of drug-likeness (QED) is 0.0631. The Bertz CT molecular complexity index is 1460. The number of likely N-dealkylation sites (tertiary alicyclic amines) is 2. The summed E-state index contributed by atoms with van der Waals surface area (Å²) in [5, 5.41) is 25.0. The summed E-state index contributed by atoms with van der Waals surface area (Å²) in [7, 11) is 0. The largest absolute Gasteiger partial charge is 0.486 e. The van der Waals surface area contributed by atoms with E-state index in [0.29, 0.717) is 56.6 Å². The van der Waals surface area contributed by atoms with Crippen molar-refractivity contribution >= 4 is 29.1 Å². The number of ether oxygens (including phenoxy) is 4. The van der Waals surface area contributed by atoms with E-state index in [1.807, 2.05) is 36.4 Å². The van der Waals surface area contributed by atoms with Crippen molar-refractivity contribution in [1.82, 2.24) is 15.1 Å². The maximum atomic E-state index is 12.8. The minimum absolute atomic E-state index is 0. The predicted octanol–water partition coefficient (Wildman–Crippen LogP) is 9.53. The molecule has 11 nitrogen and oxygen atoms in total. The molecule has 0 radical (unpaired) electrons. The molecule has 13 heteroatoms. The Morgan fingerprint density at radius 3 is 1.49 bits per heavy atom. The van der Waals surface area contributed by atoms with Crippen LogP contribution in [0.1, 0.15) is 153 Å². The van der Waals surface area contributed by atoms with Crippen LogP contribution >= 0.6 is 23.2 Å². The van der Waals surface area contributed by atoms with Crippen molar-refractivity contribution in [2.24, 2.45) is 5.73 Å². The molecular weight excluding hydrogens is 815 g/mol. The number of alkyl halides is 2. The van der Waals surface area contributed by atoms with E-state index >= 15 is 0 Å². The number of carbonyl (C=O) groups excluding carboxylic acids is 1. The number of halogens is 2. The number of unbranched alkanes of at least 4 members (excludes halogenated alkanes) is 12. The normalized spacial score (nSPS) is 17.7. The van der Waals surface area contributed by atoms with Crippen molar-refractivity contribution in [3.63, 3.8) is 0 Å². The van der Waals surface area contributed by atoms with Crippen molar-refractivity contribution in [2.45, 2.75) is 154 Å². The van der Waals surface area contributed by atoms with Gasteiger partial charge in [-0.25, -0.2) is 0 Å². The van der Waals surface area contributed by atoms with Crippen LogP contribution in [-0.2, 0) is 4.79 Å². The highest BCUT2D eigenvalue weighted by atomic mass is 35.5. The van der Waals surface area contributed by atoms with E-state index in [9.17, 15) is 15.0 Å². The molecule has 4 heterocycles. The lowest BCUT2D eigenvalue weighted by Gasteiger charge is -2.29. The number of amides is 1. The summed E-state index contributed by atoms with van der Waals surface area (Å²) < 4.78 is 22.3. The molecule has 2 saturated heterocycles. The third kappa shape index (κ3) is 19.8. The van der Waals surface area contributed by atoms with Crippen LogP contribution in [0.3, 0.4) is 0 Å². The van der Waals surface area contributed by atoms with Crippen LogP contribution in [0.15, 0.2) is 36.4 Å². The Morgan fingerprint density at radius 2 is 1.03 bits per heavy atom. The Balaban J connectivity index is 0.000000346. The highest BCUT2D eigenvalue weighted by molar-refractivity contribution is 6.40. The van der Waals surface area contributed by atoms with Gasteiger partial charge in [0.15, 0.2) is 23.0 Å². The highest BCUT2D eigenvalue weighted by Crippen LogP contribution is 2.35. The molecule has 0 saturated carbocycles. The smallest absolute Gasteiger partial charge is 0.220 e. The standard InChI is InChI=1S/C31H52N2O4.C15H22N2O3.CH2Cl2.CH4/c1-2-3-4-5-6-7-8-9-10-11-12-13-14-17-30(34)32-27(25-33-20-15-16-21-33)31(35)26-18-19-28-29(24-26)37-23-22-36-28;16-12(10-17-5-1-2-6-17)15(18)11-3-4-13-14(9-11)20-8-7-19-13;2-1-3;/h18-19,24,27,31,35H,2-17,20-23,25H2,1H3,(H,32,34);3-4,9,12,15,18H,1-2,5-8,10,16H2;1H2;1H4/t27-,31-;12-,15-;;/m11../s1. The van der Waals surface area contributed by atoms with Crippen LogP contribution in [0, 0.1) is 0 Å². The molecule has 4 atom stereocenters. The zero-order chi connectivity index (χ0) is 42.8. The summed E-state index contributed by atoms with van der Waals surface area (Å²) in [5.74, 6) is 2.86. The molecular formula is C48H80Cl2N4O7. The summed E-state index contributed by atoms with van der Waals surface area (Å²) in [4.78, 5) is 17.5. The van der Waals surface area contributed by atoms with E-state index in [4.69, 9.17) is 47.9 Å². The first kappa shape index (κ1) is 52.8. The Kier molecular flexibility index (Phi) is 27.2. The van der Waals surface area contributed by atoms with Crippen LogP contribution in [0.5, 0.6) is 23.0 Å². The number of nitrogens with two attached hydrogens (primary N) is 1. The van der Waals surface area contributed by atoms with Crippen LogP contribution < -0.4 is 30.0 Å². The van der Waals surface area contributed by atoms with Crippen molar-refractivity contribution in [1.29, 1.82) is 0 Å². The van der Waals surface area contributed by atoms with E-state index in [0.717, 1.165) is 62.4 Å². The summed E-state index contributed by atoms with van der Waals surface area (Å²) in [5.41, 5.74) is 7.69. The molecule has 1 amide bonds. The fraction of sp³-hybridized carbons (Fsp3) is 0.729. The monoisotopic (exact) mass is 895 g/mol. The first-order valence-electron chi connectivity index (χ1n) is 23.1. The van der Waals surface area contributed by atoms with Crippen molar-refractivity contribution in [3.05, 3.63) is 47.5 Å². The zero-order valence-electron chi connectivity index (χ0n) is 36.4. The molecule has 2 aromatic carbocycles. The lowest BCUT2D eigenvalue weighted by molar-refractivity contribution is -0.123. The average Bonchev–Trinajstić information content (AvgIpc) is 4.00. The SMILES string of the molecule is C.CCCCCCCCCCCCCCCC(=O)N[C@H](CN1CCCC1)[C@H](O)c1ccc2c(c1)OCCO2.ClCCl.N[C@H](CN1CCCC1)[C@H](O)c1ccc2c(c1)OCCO2. The fourth-order valence-electron chi connectivity index (χ4n) is 8.38. The number of hydrogen-bond donors (Lipinski definition) is 4. The molecule has 0 spiro atoms. The van der Waals surface area contributed by atoms with Gasteiger partial charge < -0.3 is 50.0 Å². The molecule has 0 aliphatic carbocycles. The molecule has 0 unspecified atom stereocenters. The van der Waals surface area contributed by atoms with Crippen LogP contribution in [0.25, 0.3) is 0 Å². The minimum atomic E-state index is -0.785. The van der Waals surface area contributed by atoms with Gasteiger partial charge in [0.2, 0.25) is 5.91 Å². The van der Waals surface area contributed by atoms with Gasteiger partial charge in [0, 0.05) is 25.6 Å². The number of aliphatic hydroxyl groups is 2. The van der Waals surface area contributed by atoms with Crippen molar-refractivity contribution in [2.75, 3.05) is 71.0 Å². The van der Waals surface area contributed by atoms with Crippen molar-refractivity contribution < 1.29 is 34.0 Å². The first-order valence-corrected chi connectivity index (χ1v) is 24.2. The number of nitrogens with zero attached hydrogens (tertiary/aromatic N) is 2. The fourth-order valence-corrected chi connectivity index (χ4v) is 8.38. The minimum Gasteiger partial charge on any atom is -0.486 e. The van der Waals surface area contributed by atoms with E-state index in [2.05, 4.69) is 22.0 Å². The molecule has 2 aromatic rings. The Morgan fingerprint density at radius 1 is 0.639 bits per heavy atom. The zero-order valence-corrected chi connectivity index (χ0v) is 38.0. The number of carbonyl (C=O) groups is 1. The van der Waals surface area contributed by atoms with E-state index in [1.54, 1.807) is 0 Å². The lowest BCUT2D eigenvalue weighted by atomic mass is 10.0. The maximum absolute atomic E-state index is 12.8. The van der Waals surface area contributed by atoms with Crippen LogP contribution in [-0.4, -0.2) is 109 Å². The molecule has 5 N–H and O–H groups in total. The molecule has 0 bridgehead atoms. The second-order valence-electron chi connectivity index (χ2n) is 16.6.